The Labute approximate surface area is 153 Å². The lowest BCUT2D eigenvalue weighted by Crippen LogP contribution is -2.30. The topological polar surface area (TPSA) is 87.1 Å². The van der Waals surface area contributed by atoms with E-state index >= 15 is 0 Å². The van der Waals surface area contributed by atoms with Gasteiger partial charge in [-0.1, -0.05) is 50.2 Å². The highest BCUT2D eigenvalue weighted by atomic mass is 32.1. The largest absolute Gasteiger partial charge is 0.481 e. The Kier molecular flexibility index (Phi) is 8.33. The molecule has 5 heteroatoms. The average Bonchev–Trinajstić information content (AvgIpc) is 3.12. The summed E-state index contributed by atoms with van der Waals surface area (Å²) in [6.07, 6.45) is 0.403. The van der Waals surface area contributed by atoms with Crippen molar-refractivity contribution in [2.24, 2.45) is 11.7 Å². The number of nitrogens with two attached hydrogens (primary N) is 1. The first kappa shape index (κ1) is 20.9. The molecule has 2 atom stereocenters. The van der Waals surface area contributed by atoms with Gasteiger partial charge in [-0.3, -0.25) is 4.79 Å². The lowest BCUT2D eigenvalue weighted by atomic mass is 9.74. The molecule has 0 aliphatic carbocycles. The van der Waals surface area contributed by atoms with E-state index in [9.17, 15) is 10.1 Å². The van der Waals surface area contributed by atoms with Crippen molar-refractivity contribution >= 4 is 17.3 Å². The number of hydrogen-bond donors (Lipinski definition) is 2. The molecule has 1 aromatic carbocycles. The second kappa shape index (κ2) is 9.97. The molecular weight excluding hydrogens is 332 g/mol. The van der Waals surface area contributed by atoms with Crippen LogP contribution in [0.1, 0.15) is 50.1 Å². The van der Waals surface area contributed by atoms with Crippen LogP contribution in [0.3, 0.4) is 0 Å². The van der Waals surface area contributed by atoms with Crippen LogP contribution in [0, 0.1) is 17.2 Å². The van der Waals surface area contributed by atoms with Crippen LogP contribution in [0.4, 0.5) is 0 Å². The molecule has 25 heavy (non-hydrogen) atoms. The zero-order chi connectivity index (χ0) is 18.9. The third-order valence-electron chi connectivity index (χ3n) is 4.20. The third-order valence-corrected chi connectivity index (χ3v) is 5.25. The number of thiophene rings is 1. The minimum absolute atomic E-state index is 0.0314. The van der Waals surface area contributed by atoms with Crippen LogP contribution in [0.5, 0.6) is 0 Å². The number of carbonyl (C=O) groups is 1. The monoisotopic (exact) mass is 358 g/mol. The van der Waals surface area contributed by atoms with Crippen LogP contribution in [0.15, 0.2) is 47.8 Å². The van der Waals surface area contributed by atoms with Crippen molar-refractivity contribution < 1.29 is 9.90 Å². The van der Waals surface area contributed by atoms with Gasteiger partial charge < -0.3 is 10.8 Å². The molecule has 0 radical (unpaired) electrons. The highest BCUT2D eigenvalue weighted by Crippen LogP contribution is 2.38. The molecule has 0 bridgehead atoms. The molecule has 1 unspecified atom stereocenters. The van der Waals surface area contributed by atoms with E-state index in [0.717, 1.165) is 4.88 Å². The van der Waals surface area contributed by atoms with Crippen LogP contribution in [0.25, 0.3) is 0 Å². The molecule has 0 fully saturated rings. The maximum atomic E-state index is 10.6. The molecule has 0 saturated heterocycles. The van der Waals surface area contributed by atoms with Gasteiger partial charge in [-0.05, 0) is 36.3 Å². The summed E-state index contributed by atoms with van der Waals surface area (Å²) in [6.45, 7) is 5.91. The Morgan fingerprint density at radius 3 is 2.24 bits per heavy atom. The molecule has 1 aromatic heterocycles. The van der Waals surface area contributed by atoms with Crippen LogP contribution >= 0.6 is 11.3 Å². The quantitative estimate of drug-likeness (QED) is 0.781. The number of carboxylic acids is 1. The van der Waals surface area contributed by atoms with E-state index < -0.39 is 11.4 Å². The summed E-state index contributed by atoms with van der Waals surface area (Å²) in [5.41, 5.74) is 6.15. The van der Waals surface area contributed by atoms with Gasteiger partial charge in [0, 0.05) is 17.3 Å². The fourth-order valence-electron chi connectivity index (χ4n) is 2.53. The molecule has 3 N–H and O–H groups in total. The van der Waals surface area contributed by atoms with Crippen molar-refractivity contribution in [1.82, 2.24) is 0 Å². The van der Waals surface area contributed by atoms with E-state index in [0.29, 0.717) is 6.42 Å². The summed E-state index contributed by atoms with van der Waals surface area (Å²) in [5.74, 6) is -0.743. The van der Waals surface area contributed by atoms with E-state index in [1.54, 1.807) is 0 Å². The molecule has 4 nitrogen and oxygen atoms in total. The first-order chi connectivity index (χ1) is 11.8. The van der Waals surface area contributed by atoms with Gasteiger partial charge in [0.05, 0.1) is 11.5 Å². The fourth-order valence-corrected chi connectivity index (χ4v) is 3.58. The van der Waals surface area contributed by atoms with E-state index in [4.69, 9.17) is 10.8 Å². The van der Waals surface area contributed by atoms with Crippen molar-refractivity contribution in [2.75, 3.05) is 0 Å². The lowest BCUT2D eigenvalue weighted by molar-refractivity contribution is -0.137. The zero-order valence-electron chi connectivity index (χ0n) is 15.0. The number of nitrogens with zero attached hydrogens (tertiary/aromatic N) is 1. The second-order valence-electron chi connectivity index (χ2n) is 6.31. The predicted molar refractivity (Wildman–Crippen MR) is 102 cm³/mol. The van der Waals surface area contributed by atoms with Gasteiger partial charge in [-0.25, -0.2) is 0 Å². The molecule has 134 valence electrons. The van der Waals surface area contributed by atoms with Gasteiger partial charge in [0.2, 0.25) is 0 Å². The van der Waals surface area contributed by atoms with Gasteiger partial charge in [0.15, 0.2) is 0 Å². The fraction of sp³-hybridized carbons (Fsp3) is 0.400. The Hall–Kier alpha value is -2.16. The molecule has 2 rings (SSSR count). The van der Waals surface area contributed by atoms with Crippen LogP contribution in [-0.4, -0.2) is 11.1 Å². The summed E-state index contributed by atoms with van der Waals surface area (Å²) in [6, 6.07) is 16.3. The Balaban J connectivity index is 0.000000293. The number of rotatable bonds is 6. The van der Waals surface area contributed by atoms with Crippen molar-refractivity contribution in [3.05, 3.63) is 58.3 Å². The van der Waals surface area contributed by atoms with Crippen molar-refractivity contribution in [1.29, 1.82) is 5.26 Å². The minimum Gasteiger partial charge on any atom is -0.481 e. The number of hydrogen-bond acceptors (Lipinski definition) is 4. The van der Waals surface area contributed by atoms with Crippen LogP contribution < -0.4 is 5.73 Å². The summed E-state index contributed by atoms with van der Waals surface area (Å²) in [7, 11) is 0. The average molecular weight is 359 g/mol. The first-order valence-electron chi connectivity index (χ1n) is 8.31. The zero-order valence-corrected chi connectivity index (χ0v) is 15.8. The molecule has 0 spiro atoms. The number of carboxylic acid groups (broad SMARTS) is 1. The smallest absolute Gasteiger partial charge is 0.303 e. The maximum Gasteiger partial charge on any atom is 0.303 e. The number of nitriles is 1. The summed E-state index contributed by atoms with van der Waals surface area (Å²) < 4.78 is 0. The molecule has 0 saturated carbocycles. The first-order valence-corrected chi connectivity index (χ1v) is 9.19. The second-order valence-corrected chi connectivity index (χ2v) is 7.26. The molecule has 0 amide bonds. The molecule has 0 aliphatic rings. The van der Waals surface area contributed by atoms with Crippen molar-refractivity contribution in [3.63, 3.8) is 0 Å². The molecule has 2 aromatic rings. The third kappa shape index (κ3) is 6.00. The standard InChI is InChI=1S/C12H15NO2S.C8H11N/c1-9(2)12(8-13,6-5-11(14)15)10-4-3-7-16-10;1-7(9)8-5-3-2-4-6-8/h3-4,7,9H,5-6H2,1-2H3,(H,14,15);2-7H,9H2,1H3/t;7-/m.0/s1. The molecule has 1 heterocycles. The molecule has 0 aliphatic heterocycles. The highest BCUT2D eigenvalue weighted by Gasteiger charge is 2.37. The van der Waals surface area contributed by atoms with Crippen molar-refractivity contribution in [2.45, 2.75) is 45.1 Å². The van der Waals surface area contributed by atoms with Gasteiger partial charge >= 0.3 is 5.97 Å². The Morgan fingerprint density at radius 2 is 1.88 bits per heavy atom. The van der Waals surface area contributed by atoms with E-state index in [2.05, 4.69) is 6.07 Å². The SMILES string of the molecule is CC(C)C(C#N)(CCC(=O)O)c1cccs1.C[C@H](N)c1ccccc1. The van der Waals surface area contributed by atoms with Gasteiger partial charge in [0.1, 0.15) is 0 Å². The van der Waals surface area contributed by atoms with Crippen LogP contribution in [-0.2, 0) is 10.2 Å². The van der Waals surface area contributed by atoms with E-state index in [1.807, 2.05) is 68.6 Å². The minimum atomic E-state index is -0.850. The summed E-state index contributed by atoms with van der Waals surface area (Å²) in [5, 5.41) is 20.1. The highest BCUT2D eigenvalue weighted by molar-refractivity contribution is 7.10. The lowest BCUT2D eigenvalue weighted by Gasteiger charge is -2.29. The van der Waals surface area contributed by atoms with Crippen molar-refractivity contribution in [3.8, 4) is 6.07 Å². The Morgan fingerprint density at radius 1 is 1.24 bits per heavy atom. The van der Waals surface area contributed by atoms with E-state index in [1.165, 1.54) is 16.9 Å². The van der Waals surface area contributed by atoms with E-state index in [-0.39, 0.29) is 18.4 Å². The van der Waals surface area contributed by atoms with Gasteiger partial charge in [0.25, 0.3) is 0 Å². The number of benzene rings is 1. The molecular formula is C20H26N2O2S. The predicted octanol–water partition coefficient (Wildman–Crippen LogP) is 4.74. The Bertz CT molecular complexity index is 675. The summed E-state index contributed by atoms with van der Waals surface area (Å²) >= 11 is 1.52. The van der Waals surface area contributed by atoms with Gasteiger partial charge in [-0.15, -0.1) is 11.3 Å². The van der Waals surface area contributed by atoms with Gasteiger partial charge in [-0.2, -0.15) is 5.26 Å². The number of aliphatic carboxylic acids is 1. The normalized spacial score (nSPS) is 13.9. The van der Waals surface area contributed by atoms with Crippen LogP contribution in [0.2, 0.25) is 0 Å². The summed E-state index contributed by atoms with van der Waals surface area (Å²) in [4.78, 5) is 11.6. The maximum absolute atomic E-state index is 10.6.